The van der Waals surface area contributed by atoms with E-state index < -0.39 is 11.0 Å². The van der Waals surface area contributed by atoms with Crippen molar-refractivity contribution in [3.8, 4) is 0 Å². The summed E-state index contributed by atoms with van der Waals surface area (Å²) in [6, 6.07) is 0. The second-order valence-corrected chi connectivity index (χ2v) is 6.93. The zero-order valence-electron chi connectivity index (χ0n) is 12.9. The quantitative estimate of drug-likeness (QED) is 0.603. The van der Waals surface area contributed by atoms with E-state index in [1.54, 1.807) is 18.7 Å². The van der Waals surface area contributed by atoms with Crippen LogP contribution in [0.4, 0.5) is 0 Å². The van der Waals surface area contributed by atoms with Crippen LogP contribution in [-0.4, -0.2) is 39.6 Å². The van der Waals surface area contributed by atoms with Crippen molar-refractivity contribution in [3.63, 3.8) is 0 Å². The van der Waals surface area contributed by atoms with Crippen LogP contribution in [0.3, 0.4) is 0 Å². The van der Waals surface area contributed by atoms with Gasteiger partial charge in [-0.3, -0.25) is 4.79 Å². The van der Waals surface area contributed by atoms with Crippen molar-refractivity contribution in [2.75, 3.05) is 13.1 Å². The van der Waals surface area contributed by atoms with E-state index in [9.17, 15) is 9.90 Å². The zero-order chi connectivity index (χ0) is 15.4. The summed E-state index contributed by atoms with van der Waals surface area (Å²) in [6.45, 7) is 6.22. The highest BCUT2D eigenvalue weighted by molar-refractivity contribution is 7.80. The van der Waals surface area contributed by atoms with Crippen LogP contribution in [0.2, 0.25) is 0 Å². The summed E-state index contributed by atoms with van der Waals surface area (Å²) in [5.74, 6) is -0.00322. The average Bonchev–Trinajstić information content (AvgIpc) is 2.60. The highest BCUT2D eigenvalue weighted by Crippen LogP contribution is 2.37. The summed E-state index contributed by atoms with van der Waals surface area (Å²) in [6.07, 6.45) is 5.73. The van der Waals surface area contributed by atoms with Crippen LogP contribution in [0.15, 0.2) is 0 Å². The third-order valence-corrected chi connectivity index (χ3v) is 4.48. The van der Waals surface area contributed by atoms with Gasteiger partial charge >= 0.3 is 0 Å². The van der Waals surface area contributed by atoms with E-state index in [2.05, 4.69) is 0 Å². The van der Waals surface area contributed by atoms with E-state index in [-0.39, 0.29) is 5.91 Å². The van der Waals surface area contributed by atoms with Gasteiger partial charge in [-0.25, -0.2) is 0 Å². The van der Waals surface area contributed by atoms with Gasteiger partial charge in [0, 0.05) is 13.1 Å². The molecule has 0 bridgehead atoms. The molecule has 5 heteroatoms. The summed E-state index contributed by atoms with van der Waals surface area (Å²) >= 11 is 5.24. The number of carbonyl (C=O) groups excluding carboxylic acids is 1. The fourth-order valence-electron chi connectivity index (χ4n) is 2.99. The molecule has 0 spiro atoms. The number of aliphatic hydroxyl groups is 1. The minimum Gasteiger partial charge on any atom is -0.392 e. The van der Waals surface area contributed by atoms with Crippen molar-refractivity contribution in [1.29, 1.82) is 0 Å². The lowest BCUT2D eigenvalue weighted by atomic mass is 9.78. The minimum absolute atomic E-state index is 0.00322. The molecule has 3 N–H and O–H groups in total. The Balaban J connectivity index is 3.00. The summed E-state index contributed by atoms with van der Waals surface area (Å²) < 4.78 is 0. The number of carbonyl (C=O) groups is 1. The van der Waals surface area contributed by atoms with Gasteiger partial charge in [0.15, 0.2) is 0 Å². The van der Waals surface area contributed by atoms with Crippen molar-refractivity contribution in [2.45, 2.75) is 64.9 Å². The summed E-state index contributed by atoms with van der Waals surface area (Å²) in [5.41, 5.74) is 4.34. The number of hydrogen-bond acceptors (Lipinski definition) is 3. The van der Waals surface area contributed by atoms with Crippen molar-refractivity contribution in [2.24, 2.45) is 11.1 Å². The molecule has 20 heavy (non-hydrogen) atoms. The Kier molecular flexibility index (Phi) is 5.95. The highest BCUT2D eigenvalue weighted by atomic mass is 32.1. The third-order valence-electron chi connectivity index (χ3n) is 4.08. The number of likely N-dealkylation sites (N-methyl/N-ethyl adjacent to an activating group) is 1. The second-order valence-electron chi connectivity index (χ2n) is 6.49. The van der Waals surface area contributed by atoms with Gasteiger partial charge in [0.2, 0.25) is 5.91 Å². The molecule has 1 fully saturated rings. The number of amides is 1. The monoisotopic (exact) mass is 300 g/mol. The molecular weight excluding hydrogens is 272 g/mol. The van der Waals surface area contributed by atoms with E-state index in [0.717, 1.165) is 38.5 Å². The van der Waals surface area contributed by atoms with E-state index in [4.69, 9.17) is 18.0 Å². The lowest BCUT2D eigenvalue weighted by Crippen LogP contribution is -2.53. The Morgan fingerprint density at radius 2 is 1.80 bits per heavy atom. The summed E-state index contributed by atoms with van der Waals surface area (Å²) in [5, 5.41) is 9.99. The number of nitrogens with zero attached hydrogens (tertiary/aromatic N) is 1. The van der Waals surface area contributed by atoms with Crippen LogP contribution in [0, 0.1) is 5.41 Å². The van der Waals surface area contributed by atoms with Crippen LogP contribution in [-0.2, 0) is 4.79 Å². The van der Waals surface area contributed by atoms with Gasteiger partial charge in [-0.15, -0.1) is 0 Å². The van der Waals surface area contributed by atoms with Crippen LogP contribution in [0.5, 0.6) is 0 Å². The summed E-state index contributed by atoms with van der Waals surface area (Å²) in [4.78, 5) is 15.0. The van der Waals surface area contributed by atoms with Gasteiger partial charge in [-0.2, -0.15) is 0 Å². The molecule has 0 heterocycles. The fourth-order valence-corrected chi connectivity index (χ4v) is 3.29. The average molecular weight is 300 g/mol. The van der Waals surface area contributed by atoms with Crippen molar-refractivity contribution < 1.29 is 9.90 Å². The first-order chi connectivity index (χ1) is 9.23. The van der Waals surface area contributed by atoms with Gasteiger partial charge in [0.1, 0.15) is 0 Å². The molecule has 0 saturated heterocycles. The standard InChI is InChI=1S/C15H28N2O2S/c1-4-17(11-14(2,3)19)13(18)15(12(16)20)9-7-5-6-8-10-15/h19H,4-11H2,1-3H3,(H2,16,20). The van der Waals surface area contributed by atoms with E-state index in [1.807, 2.05) is 6.92 Å². The lowest BCUT2D eigenvalue weighted by molar-refractivity contribution is -0.141. The molecule has 4 nitrogen and oxygen atoms in total. The van der Waals surface area contributed by atoms with Gasteiger partial charge in [0.05, 0.1) is 16.0 Å². The maximum absolute atomic E-state index is 13.0. The Bertz CT molecular complexity index is 355. The molecular formula is C15H28N2O2S. The Morgan fingerprint density at radius 3 is 2.15 bits per heavy atom. The second kappa shape index (κ2) is 6.85. The molecule has 1 rings (SSSR count). The maximum Gasteiger partial charge on any atom is 0.235 e. The number of hydrogen-bond donors (Lipinski definition) is 2. The molecule has 0 aromatic carbocycles. The van der Waals surface area contributed by atoms with Crippen LogP contribution in [0.1, 0.15) is 59.3 Å². The van der Waals surface area contributed by atoms with Gasteiger partial charge in [0.25, 0.3) is 0 Å². The summed E-state index contributed by atoms with van der Waals surface area (Å²) in [7, 11) is 0. The van der Waals surface area contributed by atoms with Gasteiger partial charge in [-0.05, 0) is 33.6 Å². The molecule has 116 valence electrons. The first kappa shape index (κ1) is 17.4. The number of rotatable bonds is 5. The van der Waals surface area contributed by atoms with Gasteiger partial charge < -0.3 is 15.7 Å². The number of thiocarbonyl (C=S) groups is 1. The smallest absolute Gasteiger partial charge is 0.235 e. The number of nitrogens with two attached hydrogens (primary N) is 1. The predicted octanol–water partition coefficient (Wildman–Crippen LogP) is 2.23. The van der Waals surface area contributed by atoms with Crippen molar-refractivity contribution in [1.82, 2.24) is 4.90 Å². The normalized spacial score (nSPS) is 19.2. The van der Waals surface area contributed by atoms with Crippen molar-refractivity contribution >= 4 is 23.1 Å². The predicted molar refractivity (Wildman–Crippen MR) is 85.5 cm³/mol. The molecule has 0 radical (unpaired) electrons. The minimum atomic E-state index is -0.909. The molecule has 0 aromatic rings. The molecule has 1 amide bonds. The topological polar surface area (TPSA) is 66.6 Å². The highest BCUT2D eigenvalue weighted by Gasteiger charge is 2.44. The Hall–Kier alpha value is -0.680. The van der Waals surface area contributed by atoms with E-state index in [0.29, 0.717) is 18.1 Å². The van der Waals surface area contributed by atoms with Crippen LogP contribution in [0.25, 0.3) is 0 Å². The molecule has 0 unspecified atom stereocenters. The maximum atomic E-state index is 13.0. The largest absolute Gasteiger partial charge is 0.392 e. The molecule has 1 aliphatic carbocycles. The van der Waals surface area contributed by atoms with Crippen LogP contribution >= 0.6 is 12.2 Å². The first-order valence-electron chi connectivity index (χ1n) is 7.54. The molecule has 0 aliphatic heterocycles. The Morgan fingerprint density at radius 1 is 1.30 bits per heavy atom. The van der Waals surface area contributed by atoms with Crippen LogP contribution < -0.4 is 5.73 Å². The molecule has 1 saturated carbocycles. The van der Waals surface area contributed by atoms with E-state index >= 15 is 0 Å². The van der Waals surface area contributed by atoms with Crippen molar-refractivity contribution in [3.05, 3.63) is 0 Å². The third kappa shape index (κ3) is 4.16. The fraction of sp³-hybridized carbons (Fsp3) is 0.867. The lowest BCUT2D eigenvalue weighted by Gasteiger charge is -2.37. The molecule has 0 atom stereocenters. The first-order valence-corrected chi connectivity index (χ1v) is 7.95. The zero-order valence-corrected chi connectivity index (χ0v) is 13.8. The molecule has 1 aliphatic rings. The Labute approximate surface area is 127 Å². The SMILES string of the molecule is CCN(CC(C)(C)O)C(=O)C1(C(N)=S)CCCCCC1. The molecule has 0 aromatic heterocycles. The van der Waals surface area contributed by atoms with Gasteiger partial charge in [-0.1, -0.05) is 37.9 Å². The van der Waals surface area contributed by atoms with E-state index in [1.165, 1.54) is 0 Å².